The minimum atomic E-state index is -3.91. The van der Waals surface area contributed by atoms with E-state index < -0.39 is 26.7 Å². The number of amides is 1. The second-order valence-corrected chi connectivity index (χ2v) is 9.09. The van der Waals surface area contributed by atoms with E-state index in [1.165, 1.54) is 54.3 Å². The van der Waals surface area contributed by atoms with Gasteiger partial charge < -0.3 is 10.1 Å². The molecule has 1 atom stereocenters. The summed E-state index contributed by atoms with van der Waals surface area (Å²) >= 11 is 5.84. The number of nitro groups is 1. The molecular weight excluding hydrogens is 460 g/mol. The number of halogens is 1. The zero-order chi connectivity index (χ0) is 23.5. The van der Waals surface area contributed by atoms with Crippen LogP contribution in [0.4, 0.5) is 11.4 Å². The Balaban J connectivity index is 1.93. The van der Waals surface area contributed by atoms with Crippen molar-refractivity contribution in [1.29, 1.82) is 0 Å². The maximum Gasteiger partial charge on any atom is 0.307 e. The first-order valence-electron chi connectivity index (χ1n) is 9.35. The highest BCUT2D eigenvalue weighted by molar-refractivity contribution is 7.91. The van der Waals surface area contributed by atoms with Crippen LogP contribution in [0.5, 0.6) is 5.75 Å². The largest absolute Gasteiger partial charge is 0.497 e. The lowest BCUT2D eigenvalue weighted by molar-refractivity contribution is -0.385. The average molecular weight is 479 g/mol. The Bertz CT molecular complexity index is 1260. The molecule has 3 aromatic rings. The standard InChI is InChI=1S/C20H19ClN4O6S/c1-3-19(24-12-15(11-22-24)25(27)28)20(26)23-14-8-16(31-2)10-18(9-14)32(29,30)17-6-4-13(21)5-7-17/h4-12,19H,3H2,1-2H3,(H,23,26). The zero-order valence-corrected chi connectivity index (χ0v) is 18.6. The van der Waals surface area contributed by atoms with Crippen molar-refractivity contribution in [3.05, 3.63) is 70.0 Å². The lowest BCUT2D eigenvalue weighted by Crippen LogP contribution is -2.26. The van der Waals surface area contributed by atoms with Gasteiger partial charge in [0.15, 0.2) is 0 Å². The molecular formula is C20H19ClN4O6S. The van der Waals surface area contributed by atoms with E-state index in [1.54, 1.807) is 6.92 Å². The Morgan fingerprint density at radius 1 is 1.25 bits per heavy atom. The lowest BCUT2D eigenvalue weighted by atomic mass is 10.2. The molecule has 0 aliphatic rings. The number of carbonyl (C=O) groups is 1. The number of benzene rings is 2. The fourth-order valence-corrected chi connectivity index (χ4v) is 4.42. The highest BCUT2D eigenvalue weighted by atomic mass is 35.5. The van der Waals surface area contributed by atoms with Gasteiger partial charge in [-0.3, -0.25) is 19.6 Å². The van der Waals surface area contributed by atoms with Crippen LogP contribution in [-0.2, 0) is 14.6 Å². The predicted octanol–water partition coefficient (Wildman–Crippen LogP) is 3.88. The van der Waals surface area contributed by atoms with Crippen LogP contribution in [0.2, 0.25) is 5.02 Å². The van der Waals surface area contributed by atoms with Crippen LogP contribution in [0.15, 0.2) is 64.6 Å². The summed E-state index contributed by atoms with van der Waals surface area (Å²) in [6.07, 6.45) is 2.51. The number of nitrogens with one attached hydrogen (secondary N) is 1. The second kappa shape index (κ2) is 9.37. The Labute approximate surface area is 188 Å². The fraction of sp³-hybridized carbons (Fsp3) is 0.200. The molecule has 0 radical (unpaired) electrons. The van der Waals surface area contributed by atoms with Gasteiger partial charge in [0.25, 0.3) is 0 Å². The molecule has 1 aromatic heterocycles. The van der Waals surface area contributed by atoms with Crippen LogP contribution < -0.4 is 10.1 Å². The Hall–Kier alpha value is -3.44. The SMILES string of the molecule is CCC(C(=O)Nc1cc(OC)cc(S(=O)(=O)c2ccc(Cl)cc2)c1)n1cc([N+](=O)[O-])cn1. The van der Waals surface area contributed by atoms with Crippen molar-refractivity contribution in [2.24, 2.45) is 0 Å². The summed E-state index contributed by atoms with van der Waals surface area (Å²) in [5.41, 5.74) is -0.0593. The molecule has 2 aromatic carbocycles. The molecule has 0 aliphatic heterocycles. The zero-order valence-electron chi connectivity index (χ0n) is 17.1. The predicted molar refractivity (Wildman–Crippen MR) is 117 cm³/mol. The number of rotatable bonds is 8. The van der Waals surface area contributed by atoms with Crippen LogP contribution in [0.25, 0.3) is 0 Å². The Kier molecular flexibility index (Phi) is 6.80. The van der Waals surface area contributed by atoms with Crippen LogP contribution in [0.1, 0.15) is 19.4 Å². The minimum Gasteiger partial charge on any atom is -0.497 e. The smallest absolute Gasteiger partial charge is 0.307 e. The normalized spacial score (nSPS) is 12.2. The average Bonchev–Trinajstić information content (AvgIpc) is 3.24. The third-order valence-corrected chi connectivity index (χ3v) is 6.63. The van der Waals surface area contributed by atoms with Crippen LogP contribution in [0.3, 0.4) is 0 Å². The van der Waals surface area contributed by atoms with E-state index in [1.807, 2.05) is 0 Å². The second-order valence-electron chi connectivity index (χ2n) is 6.70. The molecule has 1 heterocycles. The molecule has 12 heteroatoms. The molecule has 1 amide bonds. The summed E-state index contributed by atoms with van der Waals surface area (Å²) < 4.78 is 32.5. The maximum atomic E-state index is 13.0. The maximum absolute atomic E-state index is 13.0. The van der Waals surface area contributed by atoms with Crippen LogP contribution in [-0.4, -0.2) is 36.1 Å². The topological polar surface area (TPSA) is 133 Å². The molecule has 0 bridgehead atoms. The number of anilines is 1. The molecule has 10 nitrogen and oxygen atoms in total. The molecule has 1 unspecified atom stereocenters. The number of hydrogen-bond acceptors (Lipinski definition) is 7. The van der Waals surface area contributed by atoms with Gasteiger partial charge in [-0.05, 0) is 42.8 Å². The summed E-state index contributed by atoms with van der Waals surface area (Å²) in [7, 11) is -2.54. The van der Waals surface area contributed by atoms with Crippen LogP contribution in [0, 0.1) is 10.1 Å². The van der Waals surface area contributed by atoms with Gasteiger partial charge in [0.2, 0.25) is 15.7 Å². The van der Waals surface area contributed by atoms with Crippen LogP contribution >= 0.6 is 11.6 Å². The van der Waals surface area contributed by atoms with E-state index in [9.17, 15) is 23.3 Å². The number of hydrogen-bond donors (Lipinski definition) is 1. The van der Waals surface area contributed by atoms with E-state index in [4.69, 9.17) is 16.3 Å². The summed E-state index contributed by atoms with van der Waals surface area (Å²) in [5.74, 6) is -0.299. The molecule has 1 N–H and O–H groups in total. The number of carbonyl (C=O) groups excluding carboxylic acids is 1. The Morgan fingerprint density at radius 3 is 2.50 bits per heavy atom. The highest BCUT2D eigenvalue weighted by Gasteiger charge is 2.24. The quantitative estimate of drug-likeness (QED) is 0.383. The third-order valence-electron chi connectivity index (χ3n) is 4.62. The first-order valence-corrected chi connectivity index (χ1v) is 11.2. The molecule has 0 aliphatic carbocycles. The van der Waals surface area contributed by atoms with Crippen molar-refractivity contribution >= 4 is 38.7 Å². The van der Waals surface area contributed by atoms with Crippen molar-refractivity contribution in [2.75, 3.05) is 12.4 Å². The number of methoxy groups -OCH3 is 1. The van der Waals surface area contributed by atoms with Crippen molar-refractivity contribution in [2.45, 2.75) is 29.2 Å². The third kappa shape index (κ3) is 4.89. The monoisotopic (exact) mass is 478 g/mol. The first-order chi connectivity index (χ1) is 15.1. The summed E-state index contributed by atoms with van der Waals surface area (Å²) in [6, 6.07) is 8.97. The summed E-state index contributed by atoms with van der Waals surface area (Å²) in [4.78, 5) is 23.1. The van der Waals surface area contributed by atoms with E-state index >= 15 is 0 Å². The van der Waals surface area contributed by atoms with Gasteiger partial charge in [-0.25, -0.2) is 8.42 Å². The molecule has 0 saturated heterocycles. The number of sulfone groups is 1. The van der Waals surface area contributed by atoms with Gasteiger partial charge >= 0.3 is 5.69 Å². The fourth-order valence-electron chi connectivity index (χ4n) is 2.98. The first kappa shape index (κ1) is 23.2. The van der Waals surface area contributed by atoms with E-state index in [0.29, 0.717) is 11.4 Å². The minimum absolute atomic E-state index is 0.0303. The Morgan fingerprint density at radius 2 is 1.94 bits per heavy atom. The van der Waals surface area contributed by atoms with Crippen molar-refractivity contribution in [1.82, 2.24) is 9.78 Å². The number of nitrogens with zero attached hydrogens (tertiary/aromatic N) is 3. The number of ether oxygens (including phenoxy) is 1. The van der Waals surface area contributed by atoms with E-state index in [0.717, 1.165) is 12.4 Å². The summed E-state index contributed by atoms with van der Waals surface area (Å²) in [5, 5.41) is 17.8. The van der Waals surface area contributed by atoms with Gasteiger partial charge in [-0.15, -0.1) is 0 Å². The van der Waals surface area contributed by atoms with Crippen molar-refractivity contribution in [3.8, 4) is 5.75 Å². The van der Waals surface area contributed by atoms with Gasteiger partial charge in [0.1, 0.15) is 24.2 Å². The van der Waals surface area contributed by atoms with Crippen molar-refractivity contribution < 1.29 is 22.9 Å². The van der Waals surface area contributed by atoms with E-state index in [2.05, 4.69) is 10.4 Å². The van der Waals surface area contributed by atoms with Crippen molar-refractivity contribution in [3.63, 3.8) is 0 Å². The molecule has 0 fully saturated rings. The molecule has 0 saturated carbocycles. The molecule has 3 rings (SSSR count). The highest BCUT2D eigenvalue weighted by Crippen LogP contribution is 2.30. The van der Waals surface area contributed by atoms with Gasteiger partial charge in [-0.1, -0.05) is 18.5 Å². The van der Waals surface area contributed by atoms with Gasteiger partial charge in [-0.2, -0.15) is 5.10 Å². The molecule has 32 heavy (non-hydrogen) atoms. The summed E-state index contributed by atoms with van der Waals surface area (Å²) in [6.45, 7) is 1.72. The van der Waals surface area contributed by atoms with Gasteiger partial charge in [0, 0.05) is 16.8 Å². The van der Waals surface area contributed by atoms with E-state index in [-0.39, 0.29) is 26.9 Å². The molecule has 168 valence electrons. The lowest BCUT2D eigenvalue weighted by Gasteiger charge is -2.16. The molecule has 0 spiro atoms. The number of aromatic nitrogens is 2. The van der Waals surface area contributed by atoms with Gasteiger partial charge in [0.05, 0.1) is 21.8 Å².